The largest absolute Gasteiger partial charge is 0.0935 e. The molecule has 0 fully saturated rings. The zero-order valence-corrected chi connectivity index (χ0v) is 9.27. The minimum Gasteiger partial charge on any atom is -0.0935 e. The van der Waals surface area contributed by atoms with Gasteiger partial charge in [0.25, 0.3) is 0 Å². The topological polar surface area (TPSA) is 146 Å². The molecule has 0 N–H and O–H groups in total. The summed E-state index contributed by atoms with van der Waals surface area (Å²) in [5.41, 5.74) is 26.0. The number of azide groups is 3. The van der Waals surface area contributed by atoms with E-state index < -0.39 is 12.1 Å². The summed E-state index contributed by atoms with van der Waals surface area (Å²) >= 11 is 0. The summed E-state index contributed by atoms with van der Waals surface area (Å²) in [4.78, 5) is 8.01. The van der Waals surface area contributed by atoms with Crippen molar-refractivity contribution < 1.29 is 0 Å². The molecule has 1 aromatic carbocycles. The molecule has 0 aromatic heterocycles. The maximum absolute atomic E-state index is 8.56. The Morgan fingerprint density at radius 2 is 1.61 bits per heavy atom. The first-order chi connectivity index (χ1) is 8.83. The summed E-state index contributed by atoms with van der Waals surface area (Å²) in [7, 11) is 0. The quantitative estimate of drug-likeness (QED) is 0.403. The molecule has 0 heterocycles. The van der Waals surface area contributed by atoms with Gasteiger partial charge in [-0.25, -0.2) is 0 Å². The number of hydrogen-bond donors (Lipinski definition) is 0. The third-order valence-electron chi connectivity index (χ3n) is 2.21. The Morgan fingerprint density at radius 3 is 2.17 bits per heavy atom. The average Bonchev–Trinajstić information content (AvgIpc) is 2.42. The number of nitrogens with zero attached hydrogens (tertiary/aromatic N) is 9. The molecule has 0 radical (unpaired) electrons. The van der Waals surface area contributed by atoms with E-state index in [2.05, 4.69) is 30.1 Å². The van der Waals surface area contributed by atoms with E-state index >= 15 is 0 Å². The van der Waals surface area contributed by atoms with Gasteiger partial charge >= 0.3 is 0 Å². The monoisotopic (exact) mass is 243 g/mol. The molecule has 0 aliphatic carbocycles. The second-order valence-corrected chi connectivity index (χ2v) is 3.25. The van der Waals surface area contributed by atoms with Crippen molar-refractivity contribution in [1.29, 1.82) is 0 Å². The summed E-state index contributed by atoms with van der Waals surface area (Å²) in [6, 6.07) is 7.41. The van der Waals surface area contributed by atoms with Crippen molar-refractivity contribution >= 4 is 0 Å². The van der Waals surface area contributed by atoms with Gasteiger partial charge in [-0.1, -0.05) is 45.7 Å². The van der Waals surface area contributed by atoms with Gasteiger partial charge in [-0.15, -0.1) is 0 Å². The lowest BCUT2D eigenvalue weighted by Gasteiger charge is -2.17. The Kier molecular flexibility index (Phi) is 5.45. The summed E-state index contributed by atoms with van der Waals surface area (Å²) < 4.78 is 0. The molecule has 0 aliphatic rings. The molecule has 2 atom stereocenters. The average molecular weight is 243 g/mol. The minimum atomic E-state index is -0.746. The van der Waals surface area contributed by atoms with Crippen LogP contribution in [0.15, 0.2) is 45.7 Å². The fourth-order valence-corrected chi connectivity index (χ4v) is 1.46. The number of hydrogen-bond acceptors (Lipinski definition) is 3. The Hall–Kier alpha value is -2.85. The van der Waals surface area contributed by atoms with E-state index in [1.54, 1.807) is 24.3 Å². The van der Waals surface area contributed by atoms with Gasteiger partial charge in [0.05, 0.1) is 12.1 Å². The van der Waals surface area contributed by atoms with Crippen molar-refractivity contribution in [2.45, 2.75) is 12.1 Å². The maximum Gasteiger partial charge on any atom is 0.0711 e. The predicted molar refractivity (Wildman–Crippen MR) is 65.3 cm³/mol. The second kappa shape index (κ2) is 7.43. The highest BCUT2D eigenvalue weighted by Crippen LogP contribution is 2.24. The van der Waals surface area contributed by atoms with E-state index in [-0.39, 0.29) is 6.54 Å². The molecule has 0 aliphatic heterocycles. The van der Waals surface area contributed by atoms with Crippen molar-refractivity contribution in [1.82, 2.24) is 0 Å². The smallest absolute Gasteiger partial charge is 0.0711 e. The van der Waals surface area contributed by atoms with Gasteiger partial charge < -0.3 is 0 Å². The highest BCUT2D eigenvalue weighted by atomic mass is 15.2. The van der Waals surface area contributed by atoms with Crippen LogP contribution in [0.5, 0.6) is 0 Å². The fourth-order valence-electron chi connectivity index (χ4n) is 1.46. The molecule has 9 nitrogen and oxygen atoms in total. The van der Waals surface area contributed by atoms with Gasteiger partial charge in [0.2, 0.25) is 0 Å². The van der Waals surface area contributed by atoms with E-state index in [9.17, 15) is 0 Å². The van der Waals surface area contributed by atoms with Crippen LogP contribution in [0.1, 0.15) is 11.6 Å². The lowest BCUT2D eigenvalue weighted by molar-refractivity contribution is 0.550. The highest BCUT2D eigenvalue weighted by Gasteiger charge is 2.20. The van der Waals surface area contributed by atoms with Crippen LogP contribution in [0, 0.1) is 0 Å². The van der Waals surface area contributed by atoms with Gasteiger partial charge in [0, 0.05) is 21.3 Å². The Labute approximate surface area is 102 Å². The van der Waals surface area contributed by atoms with E-state index in [0.29, 0.717) is 5.56 Å². The summed E-state index contributed by atoms with van der Waals surface area (Å²) in [6.07, 6.45) is 0. The third kappa shape index (κ3) is 3.62. The van der Waals surface area contributed by atoms with Crippen molar-refractivity contribution in [3.8, 4) is 0 Å². The molecule has 0 spiro atoms. The SMILES string of the molecule is [N-]=[N+]=NCC(N=[N+]=[N-])C(N=[N+]=[N-])c1ccccc1. The Balaban J connectivity index is 3.11. The van der Waals surface area contributed by atoms with Gasteiger partial charge in [0.1, 0.15) is 0 Å². The van der Waals surface area contributed by atoms with Gasteiger partial charge in [-0.05, 0) is 22.2 Å². The van der Waals surface area contributed by atoms with Crippen molar-refractivity contribution in [2.24, 2.45) is 15.3 Å². The van der Waals surface area contributed by atoms with E-state index in [1.807, 2.05) is 6.07 Å². The van der Waals surface area contributed by atoms with Crippen LogP contribution >= 0.6 is 0 Å². The molecule has 1 aromatic rings. The van der Waals surface area contributed by atoms with E-state index in [0.717, 1.165) is 0 Å². The third-order valence-corrected chi connectivity index (χ3v) is 2.21. The zero-order valence-electron chi connectivity index (χ0n) is 9.27. The number of benzene rings is 1. The van der Waals surface area contributed by atoms with Crippen LogP contribution in [-0.4, -0.2) is 12.6 Å². The lowest BCUT2D eigenvalue weighted by Crippen LogP contribution is -2.17. The molecule has 2 unspecified atom stereocenters. The first kappa shape index (κ1) is 13.2. The van der Waals surface area contributed by atoms with Crippen LogP contribution in [-0.2, 0) is 0 Å². The van der Waals surface area contributed by atoms with Crippen LogP contribution < -0.4 is 0 Å². The Bertz CT molecular complexity index is 520. The molecule has 0 saturated heterocycles. The summed E-state index contributed by atoms with van der Waals surface area (Å²) in [5.74, 6) is 0. The van der Waals surface area contributed by atoms with Gasteiger partial charge in [-0.2, -0.15) is 0 Å². The zero-order chi connectivity index (χ0) is 13.2. The first-order valence-corrected chi connectivity index (χ1v) is 4.97. The highest BCUT2D eigenvalue weighted by molar-refractivity contribution is 5.21. The number of rotatable bonds is 6. The molecule has 18 heavy (non-hydrogen) atoms. The normalized spacial score (nSPS) is 12.2. The predicted octanol–water partition coefficient (Wildman–Crippen LogP) is 4.03. The molecule has 0 saturated carbocycles. The van der Waals surface area contributed by atoms with E-state index in [1.165, 1.54) is 0 Å². The van der Waals surface area contributed by atoms with E-state index in [4.69, 9.17) is 16.6 Å². The van der Waals surface area contributed by atoms with Crippen molar-refractivity contribution in [3.05, 3.63) is 67.2 Å². The summed E-state index contributed by atoms with van der Waals surface area (Å²) in [6.45, 7) is -0.0703. The molecular weight excluding hydrogens is 234 g/mol. The van der Waals surface area contributed by atoms with Crippen LogP contribution in [0.3, 0.4) is 0 Å². The Morgan fingerprint density at radius 1 is 0.944 bits per heavy atom. The second-order valence-electron chi connectivity index (χ2n) is 3.25. The van der Waals surface area contributed by atoms with Gasteiger partial charge in [0.15, 0.2) is 0 Å². The van der Waals surface area contributed by atoms with Gasteiger partial charge in [-0.3, -0.25) is 0 Å². The molecule has 1 rings (SSSR count). The van der Waals surface area contributed by atoms with Crippen LogP contribution in [0.4, 0.5) is 0 Å². The maximum atomic E-state index is 8.56. The lowest BCUT2D eigenvalue weighted by atomic mass is 10.0. The molecule has 0 amide bonds. The molecule has 9 heteroatoms. The molecular formula is C9H9N9. The van der Waals surface area contributed by atoms with Crippen LogP contribution in [0.25, 0.3) is 31.3 Å². The van der Waals surface area contributed by atoms with Crippen molar-refractivity contribution in [3.63, 3.8) is 0 Å². The molecule has 90 valence electrons. The minimum absolute atomic E-state index is 0.0703. The standard InChI is InChI=1S/C9H9N9/c10-16-13-6-8(14-17-11)9(15-18-12)7-4-2-1-3-5-7/h1-5,8-9H,6H2. The fraction of sp³-hybridized carbons (Fsp3) is 0.333. The van der Waals surface area contributed by atoms with Crippen molar-refractivity contribution in [2.75, 3.05) is 6.54 Å². The first-order valence-electron chi connectivity index (χ1n) is 4.97. The van der Waals surface area contributed by atoms with Crippen LogP contribution in [0.2, 0.25) is 0 Å². The summed E-state index contributed by atoms with van der Waals surface area (Å²) in [5, 5.41) is 10.5. The molecule has 0 bridgehead atoms.